The van der Waals surface area contributed by atoms with E-state index in [-0.39, 0.29) is 11.2 Å². The number of rotatable bonds is 3. The van der Waals surface area contributed by atoms with Gasteiger partial charge in [-0.3, -0.25) is 4.79 Å². The predicted molar refractivity (Wildman–Crippen MR) is 93.1 cm³/mol. The highest BCUT2D eigenvalue weighted by Gasteiger charge is 2.57. The van der Waals surface area contributed by atoms with Gasteiger partial charge in [0.15, 0.2) is 5.78 Å². The Bertz CT molecular complexity index is 680. The maximum atomic E-state index is 12.1. The SMILES string of the molecule is C=CCOc1ccc2c(c1)CC[C@H]1[C@@H]2CC[C@]2(C)[C@@H](O)C(=O)C[C@@H]12. The molecule has 3 aliphatic carbocycles. The summed E-state index contributed by atoms with van der Waals surface area (Å²) in [5.74, 6) is 2.36. The normalized spacial score (nSPS) is 37.3. The number of ketones is 1. The van der Waals surface area contributed by atoms with Crippen LogP contribution in [-0.2, 0) is 11.2 Å². The van der Waals surface area contributed by atoms with Gasteiger partial charge in [-0.1, -0.05) is 25.6 Å². The Kier molecular flexibility index (Phi) is 3.80. The summed E-state index contributed by atoms with van der Waals surface area (Å²) < 4.78 is 5.68. The molecule has 2 saturated carbocycles. The van der Waals surface area contributed by atoms with E-state index in [9.17, 15) is 9.90 Å². The van der Waals surface area contributed by atoms with E-state index in [1.807, 2.05) is 0 Å². The van der Waals surface area contributed by atoms with Crippen molar-refractivity contribution in [2.75, 3.05) is 6.61 Å². The molecule has 0 heterocycles. The van der Waals surface area contributed by atoms with E-state index in [1.54, 1.807) is 6.08 Å². The second-order valence-corrected chi connectivity index (χ2v) is 7.99. The molecular weight excluding hydrogens is 300 g/mol. The fourth-order valence-electron chi connectivity index (χ4n) is 5.57. The zero-order chi connectivity index (χ0) is 16.9. The molecule has 1 aromatic rings. The minimum absolute atomic E-state index is 0.0575. The molecule has 3 heteroatoms. The molecule has 24 heavy (non-hydrogen) atoms. The van der Waals surface area contributed by atoms with E-state index in [4.69, 9.17) is 4.74 Å². The first-order valence-electron chi connectivity index (χ1n) is 9.12. The topological polar surface area (TPSA) is 46.5 Å². The number of aryl methyl sites for hydroxylation is 1. The van der Waals surface area contributed by atoms with Gasteiger partial charge in [-0.05, 0) is 66.7 Å². The smallest absolute Gasteiger partial charge is 0.162 e. The molecule has 2 fully saturated rings. The highest BCUT2D eigenvalue weighted by molar-refractivity contribution is 5.86. The summed E-state index contributed by atoms with van der Waals surface area (Å²) in [6, 6.07) is 6.46. The number of hydrogen-bond acceptors (Lipinski definition) is 3. The van der Waals surface area contributed by atoms with E-state index >= 15 is 0 Å². The van der Waals surface area contributed by atoms with Crippen molar-refractivity contribution in [1.29, 1.82) is 0 Å². The monoisotopic (exact) mass is 326 g/mol. The average molecular weight is 326 g/mol. The van der Waals surface area contributed by atoms with Crippen LogP contribution in [0.25, 0.3) is 0 Å². The fraction of sp³-hybridized carbons (Fsp3) is 0.571. The van der Waals surface area contributed by atoms with Gasteiger partial charge in [0.2, 0.25) is 0 Å². The van der Waals surface area contributed by atoms with Crippen LogP contribution in [0.3, 0.4) is 0 Å². The van der Waals surface area contributed by atoms with Gasteiger partial charge in [-0.15, -0.1) is 0 Å². The number of carbonyl (C=O) groups excluding carboxylic acids is 1. The molecule has 1 N–H and O–H groups in total. The third kappa shape index (κ3) is 2.25. The summed E-state index contributed by atoms with van der Waals surface area (Å²) in [4.78, 5) is 12.1. The molecular formula is C21H26O3. The van der Waals surface area contributed by atoms with Crippen LogP contribution in [0.4, 0.5) is 0 Å². The highest BCUT2D eigenvalue weighted by Crippen LogP contribution is 2.60. The van der Waals surface area contributed by atoms with E-state index in [0.29, 0.717) is 30.8 Å². The molecule has 4 rings (SSSR count). The Balaban J connectivity index is 1.62. The molecule has 1 aromatic carbocycles. The minimum atomic E-state index is -0.750. The van der Waals surface area contributed by atoms with Crippen LogP contribution in [-0.4, -0.2) is 23.6 Å². The third-order valence-corrected chi connectivity index (χ3v) is 6.85. The number of aliphatic hydroxyl groups excluding tert-OH is 1. The maximum Gasteiger partial charge on any atom is 0.162 e. The van der Waals surface area contributed by atoms with Gasteiger partial charge in [0, 0.05) is 11.8 Å². The van der Waals surface area contributed by atoms with Gasteiger partial charge in [0.25, 0.3) is 0 Å². The zero-order valence-electron chi connectivity index (χ0n) is 14.3. The first-order valence-corrected chi connectivity index (χ1v) is 9.12. The molecule has 0 bridgehead atoms. The molecule has 3 nitrogen and oxygen atoms in total. The van der Waals surface area contributed by atoms with Crippen molar-refractivity contribution >= 4 is 5.78 Å². The first-order chi connectivity index (χ1) is 11.5. The van der Waals surface area contributed by atoms with E-state index in [1.165, 1.54) is 11.1 Å². The zero-order valence-corrected chi connectivity index (χ0v) is 14.3. The Morgan fingerprint density at radius 2 is 2.25 bits per heavy atom. The van der Waals surface area contributed by atoms with Crippen LogP contribution in [0.5, 0.6) is 5.75 Å². The Morgan fingerprint density at radius 1 is 1.42 bits per heavy atom. The summed E-state index contributed by atoms with van der Waals surface area (Å²) in [5.41, 5.74) is 2.63. The molecule has 0 radical (unpaired) electrons. The number of ether oxygens (including phenoxy) is 1. The average Bonchev–Trinajstić information content (AvgIpc) is 2.83. The molecule has 0 aromatic heterocycles. The summed E-state index contributed by atoms with van der Waals surface area (Å²) >= 11 is 0. The predicted octanol–water partition coefficient (Wildman–Crippen LogP) is 3.65. The Hall–Kier alpha value is -1.61. The van der Waals surface area contributed by atoms with Crippen LogP contribution < -0.4 is 4.74 Å². The molecule has 0 unspecified atom stereocenters. The molecule has 0 aliphatic heterocycles. The van der Waals surface area contributed by atoms with Crippen molar-refractivity contribution in [3.63, 3.8) is 0 Å². The van der Waals surface area contributed by atoms with Crippen molar-refractivity contribution in [2.45, 2.75) is 51.0 Å². The van der Waals surface area contributed by atoms with Crippen LogP contribution in [0.2, 0.25) is 0 Å². The van der Waals surface area contributed by atoms with E-state index in [0.717, 1.165) is 31.4 Å². The lowest BCUT2D eigenvalue weighted by molar-refractivity contribution is -0.128. The summed E-state index contributed by atoms with van der Waals surface area (Å²) in [6.07, 6.45) is 5.75. The van der Waals surface area contributed by atoms with Crippen molar-refractivity contribution < 1.29 is 14.6 Å². The highest BCUT2D eigenvalue weighted by atomic mass is 16.5. The number of hydrogen-bond donors (Lipinski definition) is 1. The second-order valence-electron chi connectivity index (χ2n) is 7.99. The van der Waals surface area contributed by atoms with Crippen LogP contribution >= 0.6 is 0 Å². The lowest BCUT2D eigenvalue weighted by Crippen LogP contribution is -2.44. The minimum Gasteiger partial charge on any atom is -0.490 e. The number of benzene rings is 1. The summed E-state index contributed by atoms with van der Waals surface area (Å²) in [6.45, 7) is 6.36. The van der Waals surface area contributed by atoms with Gasteiger partial charge in [-0.2, -0.15) is 0 Å². The standard InChI is InChI=1S/C21H26O3/c1-3-10-24-14-5-7-15-13(11-14)4-6-17-16(15)8-9-21(2)18(17)12-19(22)20(21)23/h3,5,7,11,16-18,20,23H,1,4,6,8-10,12H2,2H3/t16-,17+,18+,20+,21+/m1/s1. The number of Topliss-reactive ketones (excluding diaryl/α,β-unsaturated/α-hetero) is 1. The first kappa shape index (κ1) is 15.9. The molecule has 3 aliphatic rings. The largest absolute Gasteiger partial charge is 0.490 e. The van der Waals surface area contributed by atoms with E-state index in [2.05, 4.69) is 31.7 Å². The lowest BCUT2D eigenvalue weighted by atomic mass is 9.55. The molecule has 128 valence electrons. The van der Waals surface area contributed by atoms with Crippen LogP contribution in [0.15, 0.2) is 30.9 Å². The van der Waals surface area contributed by atoms with Gasteiger partial charge in [0.05, 0.1) is 0 Å². The van der Waals surface area contributed by atoms with Crippen LogP contribution in [0, 0.1) is 17.3 Å². The van der Waals surface area contributed by atoms with Crippen molar-refractivity contribution in [2.24, 2.45) is 17.3 Å². The fourth-order valence-corrected chi connectivity index (χ4v) is 5.57. The van der Waals surface area contributed by atoms with E-state index < -0.39 is 6.10 Å². The van der Waals surface area contributed by atoms with Crippen LogP contribution in [0.1, 0.15) is 49.7 Å². The van der Waals surface area contributed by atoms with Gasteiger partial charge in [-0.25, -0.2) is 0 Å². The number of carbonyl (C=O) groups is 1. The molecule has 5 atom stereocenters. The third-order valence-electron chi connectivity index (χ3n) is 6.85. The molecule has 0 amide bonds. The lowest BCUT2D eigenvalue weighted by Gasteiger charge is -2.49. The van der Waals surface area contributed by atoms with Gasteiger partial charge >= 0.3 is 0 Å². The Morgan fingerprint density at radius 3 is 3.04 bits per heavy atom. The number of aliphatic hydroxyl groups is 1. The summed E-state index contributed by atoms with van der Waals surface area (Å²) in [5, 5.41) is 10.4. The number of fused-ring (bicyclic) bond motifs is 5. The molecule has 0 saturated heterocycles. The van der Waals surface area contributed by atoms with Crippen molar-refractivity contribution in [1.82, 2.24) is 0 Å². The Labute approximate surface area is 143 Å². The quantitative estimate of drug-likeness (QED) is 0.863. The maximum absolute atomic E-state index is 12.1. The second kappa shape index (κ2) is 5.73. The van der Waals surface area contributed by atoms with Gasteiger partial charge in [0.1, 0.15) is 18.5 Å². The van der Waals surface area contributed by atoms with Crippen molar-refractivity contribution in [3.05, 3.63) is 42.0 Å². The summed E-state index contributed by atoms with van der Waals surface area (Å²) in [7, 11) is 0. The van der Waals surface area contributed by atoms with Crippen molar-refractivity contribution in [3.8, 4) is 5.75 Å². The van der Waals surface area contributed by atoms with Gasteiger partial charge < -0.3 is 9.84 Å². The molecule has 0 spiro atoms.